The Hall–Kier alpha value is -3.41. The molecule has 0 saturated carbocycles. The fraction of sp³-hybridized carbons (Fsp3) is 0.227. The Morgan fingerprint density at radius 3 is 2.50 bits per heavy atom. The quantitative estimate of drug-likeness (QED) is 0.596. The molecule has 1 N–H and O–H groups in total. The average Bonchev–Trinajstić information content (AvgIpc) is 3.17. The van der Waals surface area contributed by atoms with E-state index >= 15 is 0 Å². The molecular weight excluding hydrogens is 350 g/mol. The van der Waals surface area contributed by atoms with Gasteiger partial charge >= 0.3 is 0 Å². The second-order valence-electron chi connectivity index (χ2n) is 6.96. The van der Waals surface area contributed by atoms with Gasteiger partial charge in [-0.15, -0.1) is 0 Å². The van der Waals surface area contributed by atoms with Gasteiger partial charge in [0.15, 0.2) is 0 Å². The first-order chi connectivity index (χ1) is 13.5. The van der Waals surface area contributed by atoms with Crippen molar-refractivity contribution < 1.29 is 4.79 Å². The van der Waals surface area contributed by atoms with Crippen molar-refractivity contribution >= 4 is 16.9 Å². The van der Waals surface area contributed by atoms with E-state index in [1.165, 1.54) is 5.56 Å². The van der Waals surface area contributed by atoms with E-state index in [9.17, 15) is 4.79 Å². The van der Waals surface area contributed by atoms with Crippen LogP contribution in [0.5, 0.6) is 0 Å². The maximum Gasteiger partial charge on any atom is 0.251 e. The minimum Gasteiger partial charge on any atom is -0.355 e. The van der Waals surface area contributed by atoms with Crippen molar-refractivity contribution in [1.82, 2.24) is 24.6 Å². The van der Waals surface area contributed by atoms with Crippen LogP contribution < -0.4 is 5.32 Å². The Balaban J connectivity index is 1.96. The highest BCUT2D eigenvalue weighted by Crippen LogP contribution is 2.30. The molecule has 142 valence electrons. The van der Waals surface area contributed by atoms with Gasteiger partial charge in [0.1, 0.15) is 5.82 Å². The number of benzene rings is 2. The number of hydrogen-bond acceptors (Lipinski definition) is 3. The number of rotatable bonds is 4. The van der Waals surface area contributed by atoms with Crippen LogP contribution >= 0.6 is 0 Å². The molecule has 0 spiro atoms. The van der Waals surface area contributed by atoms with E-state index in [1.54, 1.807) is 7.05 Å². The van der Waals surface area contributed by atoms with Crippen LogP contribution in [0.2, 0.25) is 0 Å². The van der Waals surface area contributed by atoms with Crippen molar-refractivity contribution in [2.75, 3.05) is 7.05 Å². The second-order valence-corrected chi connectivity index (χ2v) is 6.96. The lowest BCUT2D eigenvalue weighted by Crippen LogP contribution is -2.17. The topological polar surface area (TPSA) is 64.7 Å². The Morgan fingerprint density at radius 1 is 1.11 bits per heavy atom. The predicted molar refractivity (Wildman–Crippen MR) is 110 cm³/mol. The third-order valence-corrected chi connectivity index (χ3v) is 5.15. The van der Waals surface area contributed by atoms with Crippen LogP contribution in [0.4, 0.5) is 0 Å². The molecule has 0 atom stereocenters. The van der Waals surface area contributed by atoms with Crippen LogP contribution in [0.3, 0.4) is 0 Å². The summed E-state index contributed by atoms with van der Waals surface area (Å²) in [6.07, 6.45) is 0. The van der Waals surface area contributed by atoms with Crippen molar-refractivity contribution in [3.8, 4) is 11.4 Å². The van der Waals surface area contributed by atoms with Crippen molar-refractivity contribution in [2.24, 2.45) is 7.05 Å². The molecule has 4 rings (SSSR count). The first-order valence-electron chi connectivity index (χ1n) is 9.26. The van der Waals surface area contributed by atoms with Crippen LogP contribution in [0.15, 0.2) is 48.5 Å². The van der Waals surface area contributed by atoms with Crippen LogP contribution in [-0.4, -0.2) is 32.3 Å². The first-order valence-corrected chi connectivity index (χ1v) is 9.26. The molecule has 0 unspecified atom stereocenters. The summed E-state index contributed by atoms with van der Waals surface area (Å²) < 4.78 is 4.09. The molecule has 0 saturated heterocycles. The summed E-state index contributed by atoms with van der Waals surface area (Å²) in [6, 6.07) is 16.0. The lowest BCUT2D eigenvalue weighted by atomic mass is 10.1. The summed E-state index contributed by atoms with van der Waals surface area (Å²) in [4.78, 5) is 17.0. The zero-order valence-corrected chi connectivity index (χ0v) is 16.5. The number of hydrogen-bond donors (Lipinski definition) is 1. The van der Waals surface area contributed by atoms with Crippen molar-refractivity contribution in [2.45, 2.75) is 20.4 Å². The highest BCUT2D eigenvalue weighted by molar-refractivity contribution is 5.97. The molecule has 6 nitrogen and oxygen atoms in total. The fourth-order valence-electron chi connectivity index (χ4n) is 3.63. The fourth-order valence-corrected chi connectivity index (χ4v) is 3.63. The van der Waals surface area contributed by atoms with Gasteiger partial charge in [0.05, 0.1) is 22.3 Å². The standard InChI is InChI=1S/C22H23N5O/c1-14-20(15(2)26(4)25-14)21-24-18-12-17(22(28)23-3)10-11-19(18)27(21)13-16-8-6-5-7-9-16/h5-12H,13H2,1-4H3,(H,23,28). The number of nitrogens with zero attached hydrogens (tertiary/aromatic N) is 4. The average molecular weight is 373 g/mol. The first kappa shape index (κ1) is 18.0. The Labute approximate surface area is 163 Å². The summed E-state index contributed by atoms with van der Waals surface area (Å²) >= 11 is 0. The van der Waals surface area contributed by atoms with E-state index in [4.69, 9.17) is 4.98 Å². The zero-order valence-electron chi connectivity index (χ0n) is 16.5. The van der Waals surface area contributed by atoms with Gasteiger partial charge in [-0.25, -0.2) is 4.98 Å². The number of nitrogens with one attached hydrogen (secondary N) is 1. The molecule has 0 bridgehead atoms. The maximum absolute atomic E-state index is 12.1. The van der Waals surface area contributed by atoms with Gasteiger partial charge < -0.3 is 9.88 Å². The van der Waals surface area contributed by atoms with Crippen LogP contribution in [0.25, 0.3) is 22.4 Å². The Kier molecular flexibility index (Phi) is 4.47. The van der Waals surface area contributed by atoms with Crippen molar-refractivity contribution in [3.63, 3.8) is 0 Å². The molecule has 0 aliphatic carbocycles. The van der Waals surface area contributed by atoms with Gasteiger partial charge in [0.2, 0.25) is 0 Å². The van der Waals surface area contributed by atoms with E-state index in [2.05, 4.69) is 34.0 Å². The summed E-state index contributed by atoms with van der Waals surface area (Å²) in [5.41, 5.74) is 6.63. The van der Waals surface area contributed by atoms with E-state index in [0.717, 1.165) is 33.8 Å². The number of aromatic nitrogens is 4. The van der Waals surface area contributed by atoms with E-state index in [1.807, 2.05) is 55.1 Å². The van der Waals surface area contributed by atoms with Crippen LogP contribution in [0.1, 0.15) is 27.3 Å². The summed E-state index contributed by atoms with van der Waals surface area (Å²) in [5, 5.41) is 7.24. The molecule has 1 amide bonds. The van der Waals surface area contributed by atoms with Gasteiger partial charge in [0.25, 0.3) is 5.91 Å². The van der Waals surface area contributed by atoms with Gasteiger partial charge in [-0.05, 0) is 37.6 Å². The second kappa shape index (κ2) is 6.96. The van der Waals surface area contributed by atoms with Gasteiger partial charge in [0, 0.05) is 31.9 Å². The third-order valence-electron chi connectivity index (χ3n) is 5.15. The highest BCUT2D eigenvalue weighted by Gasteiger charge is 2.20. The van der Waals surface area contributed by atoms with Crippen molar-refractivity contribution in [1.29, 1.82) is 0 Å². The maximum atomic E-state index is 12.1. The minimum atomic E-state index is -0.116. The molecule has 0 aliphatic heterocycles. The number of carbonyl (C=O) groups is 1. The number of imidazole rings is 1. The SMILES string of the molecule is CNC(=O)c1ccc2c(c1)nc(-c1c(C)nn(C)c1C)n2Cc1ccccc1. The van der Waals surface area contributed by atoms with Crippen molar-refractivity contribution in [3.05, 3.63) is 71.0 Å². The molecule has 2 aromatic heterocycles. The summed E-state index contributed by atoms with van der Waals surface area (Å²) in [7, 11) is 3.58. The number of amides is 1. The van der Waals surface area contributed by atoms with Gasteiger partial charge in [-0.1, -0.05) is 30.3 Å². The van der Waals surface area contributed by atoms with Crippen LogP contribution in [0, 0.1) is 13.8 Å². The number of carbonyl (C=O) groups excluding carboxylic acids is 1. The molecule has 0 radical (unpaired) electrons. The predicted octanol–water partition coefficient (Wildman–Crippen LogP) is 3.46. The van der Waals surface area contributed by atoms with Gasteiger partial charge in [-0.3, -0.25) is 9.48 Å². The van der Waals surface area contributed by atoms with Gasteiger partial charge in [-0.2, -0.15) is 5.10 Å². The molecule has 2 aromatic carbocycles. The Morgan fingerprint density at radius 2 is 1.86 bits per heavy atom. The van der Waals surface area contributed by atoms with E-state index < -0.39 is 0 Å². The molecule has 2 heterocycles. The molecule has 4 aromatic rings. The molecule has 28 heavy (non-hydrogen) atoms. The lowest BCUT2D eigenvalue weighted by Gasteiger charge is -2.10. The Bertz CT molecular complexity index is 1170. The third kappa shape index (κ3) is 2.97. The van der Waals surface area contributed by atoms with E-state index in [0.29, 0.717) is 12.1 Å². The number of fused-ring (bicyclic) bond motifs is 1. The minimum absolute atomic E-state index is 0.116. The molecular formula is C22H23N5O. The highest BCUT2D eigenvalue weighted by atomic mass is 16.1. The van der Waals surface area contributed by atoms with E-state index in [-0.39, 0.29) is 5.91 Å². The molecule has 0 fully saturated rings. The summed E-state index contributed by atoms with van der Waals surface area (Å²) in [5.74, 6) is 0.755. The lowest BCUT2D eigenvalue weighted by molar-refractivity contribution is 0.0963. The zero-order chi connectivity index (χ0) is 19.8. The largest absolute Gasteiger partial charge is 0.355 e. The monoisotopic (exact) mass is 373 g/mol. The van der Waals surface area contributed by atoms with Crippen LogP contribution in [-0.2, 0) is 13.6 Å². The number of aryl methyl sites for hydroxylation is 2. The smallest absolute Gasteiger partial charge is 0.251 e. The summed E-state index contributed by atoms with van der Waals surface area (Å²) in [6.45, 7) is 4.75. The molecule has 0 aliphatic rings. The normalized spacial score (nSPS) is 11.1. The molecule has 6 heteroatoms.